The first-order chi connectivity index (χ1) is 11.6. The summed E-state index contributed by atoms with van der Waals surface area (Å²) in [7, 11) is 0. The third-order valence-corrected chi connectivity index (χ3v) is 4.02. The number of carboxylic acids is 2. The van der Waals surface area contributed by atoms with Crippen LogP contribution in [0.5, 0.6) is 0 Å². The lowest BCUT2D eigenvalue weighted by Crippen LogP contribution is -2.58. The smallest absolute Gasteiger partial charge is 0.330 e. The molecule has 0 spiro atoms. The number of aliphatic hydroxyl groups is 3. The fourth-order valence-corrected chi connectivity index (χ4v) is 2.91. The van der Waals surface area contributed by atoms with Crippen LogP contribution < -0.4 is 11.2 Å². The number of carboxylic acid groups (broad SMARTS) is 2. The molecule has 1 aromatic rings. The van der Waals surface area contributed by atoms with Crippen LogP contribution in [0.2, 0.25) is 0 Å². The molecular formula is C13H16N2O10. The highest BCUT2D eigenvalue weighted by atomic mass is 16.6. The van der Waals surface area contributed by atoms with Crippen molar-refractivity contribution in [2.45, 2.75) is 30.5 Å². The predicted molar refractivity (Wildman–Crippen MR) is 76.6 cm³/mol. The van der Waals surface area contributed by atoms with Crippen molar-refractivity contribution in [1.82, 2.24) is 9.55 Å². The van der Waals surface area contributed by atoms with Crippen LogP contribution in [-0.4, -0.2) is 71.9 Å². The molecule has 1 unspecified atom stereocenters. The number of aliphatic hydroxyl groups excluding tert-OH is 3. The molecule has 138 valence electrons. The quantitative estimate of drug-likeness (QED) is 0.295. The minimum Gasteiger partial charge on any atom is -0.481 e. The van der Waals surface area contributed by atoms with Gasteiger partial charge in [0.15, 0.2) is 5.72 Å². The molecule has 2 rings (SSSR count). The van der Waals surface area contributed by atoms with Crippen molar-refractivity contribution in [2.24, 2.45) is 5.92 Å². The number of aromatic nitrogens is 2. The van der Waals surface area contributed by atoms with E-state index in [9.17, 15) is 39.6 Å². The second kappa shape index (κ2) is 6.76. The molecule has 5 atom stereocenters. The van der Waals surface area contributed by atoms with Gasteiger partial charge in [0.2, 0.25) is 0 Å². The van der Waals surface area contributed by atoms with Crippen molar-refractivity contribution in [3.8, 4) is 0 Å². The van der Waals surface area contributed by atoms with E-state index in [4.69, 9.17) is 9.84 Å². The number of hydrogen-bond donors (Lipinski definition) is 6. The molecule has 2 heterocycles. The lowest BCUT2D eigenvalue weighted by molar-refractivity contribution is -0.203. The monoisotopic (exact) mass is 360 g/mol. The van der Waals surface area contributed by atoms with Crippen molar-refractivity contribution >= 4 is 11.9 Å². The fraction of sp³-hybridized carbons (Fsp3) is 0.538. The van der Waals surface area contributed by atoms with Crippen molar-refractivity contribution in [1.29, 1.82) is 0 Å². The second-order valence-corrected chi connectivity index (χ2v) is 5.49. The van der Waals surface area contributed by atoms with E-state index >= 15 is 0 Å². The van der Waals surface area contributed by atoms with Gasteiger partial charge < -0.3 is 30.3 Å². The molecule has 6 N–H and O–H groups in total. The van der Waals surface area contributed by atoms with Crippen LogP contribution in [0.15, 0.2) is 21.9 Å². The Labute approximate surface area is 138 Å². The molecule has 0 saturated carbocycles. The molecule has 1 fully saturated rings. The van der Waals surface area contributed by atoms with E-state index in [1.165, 1.54) is 0 Å². The number of H-pyrrole nitrogens is 1. The Kier molecular flexibility index (Phi) is 5.08. The maximum absolute atomic E-state index is 12.1. The summed E-state index contributed by atoms with van der Waals surface area (Å²) >= 11 is 0. The average molecular weight is 360 g/mol. The van der Waals surface area contributed by atoms with Crippen molar-refractivity contribution in [2.75, 3.05) is 6.61 Å². The van der Waals surface area contributed by atoms with Gasteiger partial charge in [-0.15, -0.1) is 0 Å². The second-order valence-electron chi connectivity index (χ2n) is 5.49. The van der Waals surface area contributed by atoms with Crippen molar-refractivity contribution in [3.63, 3.8) is 0 Å². The van der Waals surface area contributed by atoms with Crippen LogP contribution in [0, 0.1) is 5.92 Å². The van der Waals surface area contributed by atoms with Gasteiger partial charge in [0.05, 0.1) is 13.0 Å². The molecule has 1 saturated heterocycles. The van der Waals surface area contributed by atoms with Crippen LogP contribution in [0.25, 0.3) is 0 Å². The molecule has 0 aliphatic carbocycles. The van der Waals surface area contributed by atoms with Gasteiger partial charge >= 0.3 is 17.6 Å². The summed E-state index contributed by atoms with van der Waals surface area (Å²) in [5.41, 5.74) is -4.57. The van der Waals surface area contributed by atoms with E-state index in [1.54, 1.807) is 0 Å². The number of hydrogen-bond acceptors (Lipinski definition) is 8. The standard InChI is InChI=1S/C13H16N2O10/c16-4-6-9(20)10(21)13(25-6,5(11(22)23)3-8(18)19)15-2-1-7(17)14-12(15)24/h1-2,5-6,9-10,16,20-21H,3-4H2,(H,18,19)(H,22,23)(H,14,17,24)/t5?,6-,9-,10-,13-/m1/s1. The average Bonchev–Trinajstić information content (AvgIpc) is 2.77. The first kappa shape index (κ1) is 18.8. The topological polar surface area (TPSA) is 199 Å². The van der Waals surface area contributed by atoms with Gasteiger partial charge in [-0.25, -0.2) is 4.79 Å². The Morgan fingerprint density at radius 3 is 2.40 bits per heavy atom. The Morgan fingerprint density at radius 1 is 1.32 bits per heavy atom. The highest BCUT2D eigenvalue weighted by Gasteiger charge is 2.62. The molecule has 0 amide bonds. The maximum Gasteiger partial charge on any atom is 0.330 e. The summed E-state index contributed by atoms with van der Waals surface area (Å²) in [6.45, 7) is -0.836. The number of aromatic amines is 1. The van der Waals surface area contributed by atoms with Crippen LogP contribution in [0.4, 0.5) is 0 Å². The highest BCUT2D eigenvalue weighted by molar-refractivity contribution is 5.78. The summed E-state index contributed by atoms with van der Waals surface area (Å²) in [5.74, 6) is -5.32. The molecule has 1 aliphatic heterocycles. The number of aliphatic carboxylic acids is 2. The lowest BCUT2D eigenvalue weighted by atomic mass is 9.86. The summed E-state index contributed by atoms with van der Waals surface area (Å²) in [5, 5.41) is 48.1. The summed E-state index contributed by atoms with van der Waals surface area (Å²) in [6, 6.07) is 0.831. The minimum atomic E-state index is -2.56. The Balaban J connectivity index is 2.75. The van der Waals surface area contributed by atoms with Gasteiger partial charge in [-0.1, -0.05) is 0 Å². The third-order valence-electron chi connectivity index (χ3n) is 4.02. The zero-order valence-electron chi connectivity index (χ0n) is 12.6. The molecule has 12 heteroatoms. The van der Waals surface area contributed by atoms with Crippen LogP contribution >= 0.6 is 0 Å². The largest absolute Gasteiger partial charge is 0.481 e. The van der Waals surface area contributed by atoms with Crippen molar-refractivity contribution in [3.05, 3.63) is 33.1 Å². The van der Waals surface area contributed by atoms with Crippen LogP contribution in [-0.2, 0) is 20.1 Å². The molecule has 1 aromatic heterocycles. The zero-order valence-corrected chi connectivity index (χ0v) is 12.6. The molecular weight excluding hydrogens is 344 g/mol. The van der Waals surface area contributed by atoms with Gasteiger partial charge in [0.25, 0.3) is 5.56 Å². The SMILES string of the molecule is O=C(O)CC(C(=O)O)[C@@]1(n2ccc(=O)[nH]c2=O)O[C@H](CO)[C@@H](O)[C@H]1O. The van der Waals surface area contributed by atoms with E-state index in [-0.39, 0.29) is 0 Å². The molecule has 0 radical (unpaired) electrons. The highest BCUT2D eigenvalue weighted by Crippen LogP contribution is 2.42. The Hall–Kier alpha value is -2.54. The van der Waals surface area contributed by atoms with Gasteiger partial charge in [0, 0.05) is 12.3 Å². The zero-order chi connectivity index (χ0) is 18.9. The van der Waals surface area contributed by atoms with Gasteiger partial charge in [-0.3, -0.25) is 23.9 Å². The first-order valence-electron chi connectivity index (χ1n) is 7.07. The van der Waals surface area contributed by atoms with Gasteiger partial charge in [-0.2, -0.15) is 0 Å². The number of rotatable bonds is 6. The number of nitrogens with zero attached hydrogens (tertiary/aromatic N) is 1. The summed E-state index contributed by atoms with van der Waals surface area (Å²) < 4.78 is 5.80. The normalized spacial score (nSPS) is 30.1. The van der Waals surface area contributed by atoms with Gasteiger partial charge in [0.1, 0.15) is 24.2 Å². The number of ether oxygens (including phenoxy) is 1. The maximum atomic E-state index is 12.1. The first-order valence-corrected chi connectivity index (χ1v) is 7.07. The Morgan fingerprint density at radius 2 is 1.96 bits per heavy atom. The molecule has 0 bridgehead atoms. The number of nitrogens with one attached hydrogen (secondary N) is 1. The van der Waals surface area contributed by atoms with Crippen LogP contribution in [0.3, 0.4) is 0 Å². The van der Waals surface area contributed by atoms with E-state index in [1.807, 2.05) is 4.98 Å². The predicted octanol–water partition coefficient (Wildman–Crippen LogP) is -3.52. The summed E-state index contributed by atoms with van der Waals surface area (Å²) in [6.07, 6.45) is -5.62. The molecule has 12 nitrogen and oxygen atoms in total. The Bertz CT molecular complexity index is 786. The van der Waals surface area contributed by atoms with E-state index < -0.39 is 66.2 Å². The fourth-order valence-electron chi connectivity index (χ4n) is 2.91. The van der Waals surface area contributed by atoms with Gasteiger partial charge in [-0.05, 0) is 0 Å². The number of carbonyl (C=O) groups is 2. The minimum absolute atomic E-state index is 0.500. The van der Waals surface area contributed by atoms with E-state index in [0.717, 1.165) is 12.3 Å². The summed E-state index contributed by atoms with van der Waals surface area (Å²) in [4.78, 5) is 47.9. The van der Waals surface area contributed by atoms with Crippen molar-refractivity contribution < 1.29 is 39.9 Å². The van der Waals surface area contributed by atoms with E-state index in [0.29, 0.717) is 4.57 Å². The molecule has 0 aromatic carbocycles. The molecule has 25 heavy (non-hydrogen) atoms. The lowest BCUT2D eigenvalue weighted by Gasteiger charge is -2.37. The van der Waals surface area contributed by atoms with Crippen LogP contribution in [0.1, 0.15) is 6.42 Å². The molecule has 1 aliphatic rings. The van der Waals surface area contributed by atoms with E-state index in [2.05, 4.69) is 0 Å². The third kappa shape index (κ3) is 3.07.